The summed E-state index contributed by atoms with van der Waals surface area (Å²) in [5, 5.41) is 4.66. The highest BCUT2D eigenvalue weighted by Crippen LogP contribution is 2.20. The lowest BCUT2D eigenvalue weighted by Gasteiger charge is -2.03. The predicted molar refractivity (Wildman–Crippen MR) is 72.2 cm³/mol. The fourth-order valence-corrected chi connectivity index (χ4v) is 2.16. The van der Waals surface area contributed by atoms with Gasteiger partial charge in [-0.15, -0.1) is 0 Å². The minimum atomic E-state index is -0.129. The molecule has 19 heavy (non-hydrogen) atoms. The molecule has 0 radical (unpaired) electrons. The summed E-state index contributed by atoms with van der Waals surface area (Å²) in [6.07, 6.45) is 4.02. The maximum absolute atomic E-state index is 12.4. The molecule has 0 fully saturated rings. The Hall–Kier alpha value is -2.69. The Labute approximate surface area is 108 Å². The number of fused-ring (bicyclic) bond motifs is 1. The van der Waals surface area contributed by atoms with E-state index in [1.807, 2.05) is 0 Å². The van der Waals surface area contributed by atoms with E-state index in [0.29, 0.717) is 27.7 Å². The number of benzene rings is 1. The molecule has 5 nitrogen and oxygen atoms in total. The van der Waals surface area contributed by atoms with Crippen LogP contribution in [0.2, 0.25) is 0 Å². The Morgan fingerprint density at radius 3 is 2.84 bits per heavy atom. The number of aromatic nitrogens is 3. The molecule has 0 saturated carbocycles. The van der Waals surface area contributed by atoms with E-state index in [9.17, 15) is 9.59 Å². The molecule has 3 rings (SSSR count). The third-order valence-corrected chi connectivity index (χ3v) is 3.05. The van der Waals surface area contributed by atoms with Gasteiger partial charge in [0, 0.05) is 30.6 Å². The standard InChI is InChI=1S/C14H11N3O2/c1-17-7-12-13(19)11(6-15-14(12)16-17)10-5-3-2-4-9(10)8-18/h2-8H,1H3,(H,15,16). The second kappa shape index (κ2) is 4.20. The third-order valence-electron chi connectivity index (χ3n) is 3.05. The molecule has 2 aromatic heterocycles. The normalized spacial score (nSPS) is 10.8. The van der Waals surface area contributed by atoms with Crippen molar-refractivity contribution in [3.8, 4) is 11.1 Å². The summed E-state index contributed by atoms with van der Waals surface area (Å²) in [6.45, 7) is 0. The van der Waals surface area contributed by atoms with Crippen molar-refractivity contribution in [1.29, 1.82) is 0 Å². The Morgan fingerprint density at radius 2 is 2.05 bits per heavy atom. The second-order valence-electron chi connectivity index (χ2n) is 4.30. The molecule has 94 valence electrons. The highest BCUT2D eigenvalue weighted by atomic mass is 16.1. The van der Waals surface area contributed by atoms with Crippen molar-refractivity contribution in [2.75, 3.05) is 0 Å². The molecule has 0 aliphatic rings. The zero-order valence-electron chi connectivity index (χ0n) is 10.3. The minimum absolute atomic E-state index is 0.129. The number of rotatable bonds is 2. The lowest BCUT2D eigenvalue weighted by molar-refractivity contribution is 0.112. The van der Waals surface area contributed by atoms with Crippen molar-refractivity contribution in [2.24, 2.45) is 7.05 Å². The van der Waals surface area contributed by atoms with Gasteiger partial charge in [0.15, 0.2) is 17.4 Å². The van der Waals surface area contributed by atoms with Gasteiger partial charge in [0.2, 0.25) is 0 Å². The Balaban J connectivity index is 2.34. The van der Waals surface area contributed by atoms with E-state index in [-0.39, 0.29) is 5.43 Å². The van der Waals surface area contributed by atoms with Gasteiger partial charge in [-0.1, -0.05) is 24.3 Å². The van der Waals surface area contributed by atoms with E-state index in [2.05, 4.69) is 10.1 Å². The number of hydrogen-bond donors (Lipinski definition) is 1. The summed E-state index contributed by atoms with van der Waals surface area (Å²) < 4.78 is 1.58. The maximum atomic E-state index is 12.4. The first-order valence-corrected chi connectivity index (χ1v) is 5.80. The van der Waals surface area contributed by atoms with E-state index in [0.717, 1.165) is 6.29 Å². The zero-order valence-corrected chi connectivity index (χ0v) is 10.3. The lowest BCUT2D eigenvalue weighted by Crippen LogP contribution is -2.06. The molecule has 3 aromatic rings. The van der Waals surface area contributed by atoms with Crippen LogP contribution in [0.1, 0.15) is 10.4 Å². The van der Waals surface area contributed by atoms with Crippen LogP contribution in [0.15, 0.2) is 41.5 Å². The molecule has 5 heteroatoms. The Bertz CT molecular complexity index is 830. The van der Waals surface area contributed by atoms with E-state index in [1.54, 1.807) is 48.4 Å². The first-order chi connectivity index (χ1) is 9.20. The fourth-order valence-electron chi connectivity index (χ4n) is 2.16. The number of nitrogens with zero attached hydrogens (tertiary/aromatic N) is 2. The molecule has 0 atom stereocenters. The van der Waals surface area contributed by atoms with E-state index < -0.39 is 0 Å². The molecule has 1 N–H and O–H groups in total. The highest BCUT2D eigenvalue weighted by molar-refractivity contribution is 5.89. The van der Waals surface area contributed by atoms with Gasteiger partial charge < -0.3 is 4.98 Å². The van der Waals surface area contributed by atoms with Crippen molar-refractivity contribution in [3.05, 3.63) is 52.4 Å². The van der Waals surface area contributed by atoms with Crippen molar-refractivity contribution in [3.63, 3.8) is 0 Å². The van der Waals surface area contributed by atoms with Crippen LogP contribution in [0.3, 0.4) is 0 Å². The van der Waals surface area contributed by atoms with Gasteiger partial charge in [-0.3, -0.25) is 14.3 Å². The van der Waals surface area contributed by atoms with Crippen LogP contribution in [0.4, 0.5) is 0 Å². The number of nitrogens with one attached hydrogen (secondary N) is 1. The Kier molecular flexibility index (Phi) is 2.52. The molecule has 2 heterocycles. The van der Waals surface area contributed by atoms with Crippen LogP contribution < -0.4 is 5.43 Å². The van der Waals surface area contributed by atoms with Gasteiger partial charge in [-0.05, 0) is 5.56 Å². The molecule has 0 aliphatic heterocycles. The van der Waals surface area contributed by atoms with Crippen LogP contribution >= 0.6 is 0 Å². The number of aldehydes is 1. The van der Waals surface area contributed by atoms with Crippen molar-refractivity contribution < 1.29 is 4.79 Å². The first kappa shape index (κ1) is 11.4. The van der Waals surface area contributed by atoms with Crippen LogP contribution in [0.25, 0.3) is 22.2 Å². The second-order valence-corrected chi connectivity index (χ2v) is 4.30. The molecule has 0 amide bonds. The summed E-state index contributed by atoms with van der Waals surface area (Å²) in [5.74, 6) is 0. The van der Waals surface area contributed by atoms with Crippen LogP contribution in [-0.2, 0) is 7.05 Å². The summed E-state index contributed by atoms with van der Waals surface area (Å²) in [7, 11) is 1.76. The van der Waals surface area contributed by atoms with Gasteiger partial charge in [0.05, 0.1) is 5.39 Å². The minimum Gasteiger partial charge on any atom is -0.344 e. The molecule has 0 unspecified atom stereocenters. The fraction of sp³-hybridized carbons (Fsp3) is 0.0714. The lowest BCUT2D eigenvalue weighted by atomic mass is 10.0. The number of pyridine rings is 1. The first-order valence-electron chi connectivity index (χ1n) is 5.80. The van der Waals surface area contributed by atoms with Crippen LogP contribution in [-0.4, -0.2) is 21.1 Å². The average molecular weight is 253 g/mol. The van der Waals surface area contributed by atoms with E-state index in [4.69, 9.17) is 0 Å². The summed E-state index contributed by atoms with van der Waals surface area (Å²) >= 11 is 0. The quantitative estimate of drug-likeness (QED) is 0.707. The molecular formula is C14H11N3O2. The monoisotopic (exact) mass is 253 g/mol. The van der Waals surface area contributed by atoms with Gasteiger partial charge >= 0.3 is 0 Å². The van der Waals surface area contributed by atoms with Gasteiger partial charge in [0.25, 0.3) is 0 Å². The molecule has 0 bridgehead atoms. The van der Waals surface area contributed by atoms with Crippen molar-refractivity contribution in [2.45, 2.75) is 0 Å². The maximum Gasteiger partial charge on any atom is 0.200 e. The number of hydrogen-bond acceptors (Lipinski definition) is 3. The van der Waals surface area contributed by atoms with Crippen molar-refractivity contribution in [1.82, 2.24) is 14.8 Å². The number of carbonyl (C=O) groups is 1. The van der Waals surface area contributed by atoms with E-state index >= 15 is 0 Å². The molecular weight excluding hydrogens is 242 g/mol. The number of H-pyrrole nitrogens is 1. The van der Waals surface area contributed by atoms with Gasteiger partial charge in [0.1, 0.15) is 0 Å². The third kappa shape index (κ3) is 1.76. The van der Waals surface area contributed by atoms with Crippen LogP contribution in [0.5, 0.6) is 0 Å². The predicted octanol–water partition coefficient (Wildman–Crippen LogP) is 1.74. The number of aryl methyl sites for hydroxylation is 1. The average Bonchev–Trinajstić information content (AvgIpc) is 2.81. The number of aromatic amines is 1. The summed E-state index contributed by atoms with van der Waals surface area (Å²) in [6, 6.07) is 7.02. The largest absolute Gasteiger partial charge is 0.344 e. The summed E-state index contributed by atoms with van der Waals surface area (Å²) in [4.78, 5) is 26.5. The smallest absolute Gasteiger partial charge is 0.200 e. The SMILES string of the molecule is Cn1cc2c(=O)c(-c3ccccc3C=O)c[nH]c2n1. The zero-order chi connectivity index (χ0) is 13.4. The van der Waals surface area contributed by atoms with Crippen LogP contribution in [0, 0.1) is 0 Å². The Morgan fingerprint density at radius 1 is 1.26 bits per heavy atom. The number of carbonyl (C=O) groups excluding carboxylic acids is 1. The molecule has 0 aliphatic carbocycles. The highest BCUT2D eigenvalue weighted by Gasteiger charge is 2.12. The molecule has 1 aromatic carbocycles. The van der Waals surface area contributed by atoms with Gasteiger partial charge in [-0.25, -0.2) is 0 Å². The van der Waals surface area contributed by atoms with Gasteiger partial charge in [-0.2, -0.15) is 5.10 Å². The van der Waals surface area contributed by atoms with Crippen molar-refractivity contribution >= 4 is 17.3 Å². The molecule has 0 saturated heterocycles. The molecule has 0 spiro atoms. The topological polar surface area (TPSA) is 67.8 Å². The summed E-state index contributed by atoms with van der Waals surface area (Å²) in [5.41, 5.74) is 2.01. The van der Waals surface area contributed by atoms with E-state index in [1.165, 1.54) is 0 Å².